The molecule has 0 saturated heterocycles. The summed E-state index contributed by atoms with van der Waals surface area (Å²) in [5, 5.41) is 11.8. The third-order valence-electron chi connectivity index (χ3n) is 1.98. The van der Waals surface area contributed by atoms with Crippen LogP contribution in [0.3, 0.4) is 0 Å². The van der Waals surface area contributed by atoms with Crippen molar-refractivity contribution in [3.05, 3.63) is 35.4 Å². The molecular formula is C12H15NO. The molecule has 2 nitrogen and oxygen atoms in total. The summed E-state index contributed by atoms with van der Waals surface area (Å²) in [6.07, 6.45) is 5.84. The fraction of sp³-hybridized carbons (Fsp3) is 0.333. The lowest BCUT2D eigenvalue weighted by Crippen LogP contribution is -2.12. The van der Waals surface area contributed by atoms with Gasteiger partial charge in [0.25, 0.3) is 0 Å². The Morgan fingerprint density at radius 2 is 1.86 bits per heavy atom. The first kappa shape index (κ1) is 10.8. The van der Waals surface area contributed by atoms with Crippen LogP contribution in [0.4, 0.5) is 0 Å². The van der Waals surface area contributed by atoms with Crippen molar-refractivity contribution in [1.82, 2.24) is 5.32 Å². The molecule has 0 radical (unpaired) electrons. The van der Waals surface area contributed by atoms with E-state index in [9.17, 15) is 0 Å². The topological polar surface area (TPSA) is 32.3 Å². The van der Waals surface area contributed by atoms with Gasteiger partial charge in [-0.1, -0.05) is 30.2 Å². The van der Waals surface area contributed by atoms with E-state index in [0.717, 1.165) is 18.5 Å². The fourth-order valence-electron chi connectivity index (χ4n) is 1.23. The third-order valence-corrected chi connectivity index (χ3v) is 1.98. The first-order valence-corrected chi connectivity index (χ1v) is 4.69. The lowest BCUT2D eigenvalue weighted by molar-refractivity contribution is 0.299. The Morgan fingerprint density at radius 1 is 1.21 bits per heavy atom. The van der Waals surface area contributed by atoms with Crippen molar-refractivity contribution in [2.45, 2.75) is 13.0 Å². The summed E-state index contributed by atoms with van der Waals surface area (Å²) in [4.78, 5) is 0. The lowest BCUT2D eigenvalue weighted by atomic mass is 10.1. The van der Waals surface area contributed by atoms with E-state index < -0.39 is 0 Å². The van der Waals surface area contributed by atoms with Crippen LogP contribution in [-0.4, -0.2) is 18.3 Å². The molecule has 0 aliphatic heterocycles. The summed E-state index contributed by atoms with van der Waals surface area (Å²) in [5.41, 5.74) is 2.37. The predicted octanol–water partition coefficient (Wildman–Crippen LogP) is 0.944. The molecule has 74 valence electrons. The van der Waals surface area contributed by atoms with E-state index in [1.165, 1.54) is 5.56 Å². The lowest BCUT2D eigenvalue weighted by Gasteiger charge is -2.03. The van der Waals surface area contributed by atoms with Gasteiger partial charge in [0.2, 0.25) is 0 Å². The molecule has 0 atom stereocenters. The first-order chi connectivity index (χ1) is 6.86. The maximum Gasteiger partial charge on any atom is 0.0576 e. The number of aliphatic hydroxyl groups is 1. The highest BCUT2D eigenvalue weighted by molar-refractivity contribution is 5.22. The highest BCUT2D eigenvalue weighted by atomic mass is 16.2. The molecule has 0 saturated carbocycles. The molecular weight excluding hydrogens is 174 g/mol. The Bertz CT molecular complexity index is 297. The smallest absolute Gasteiger partial charge is 0.0576 e. The van der Waals surface area contributed by atoms with Crippen molar-refractivity contribution in [2.24, 2.45) is 0 Å². The van der Waals surface area contributed by atoms with Crippen LogP contribution in [0.25, 0.3) is 0 Å². The van der Waals surface area contributed by atoms with E-state index in [4.69, 9.17) is 11.5 Å². The maximum absolute atomic E-state index is 8.73. The minimum atomic E-state index is 0.203. The molecule has 0 heterocycles. The third kappa shape index (κ3) is 3.61. The molecule has 2 heteroatoms. The zero-order valence-corrected chi connectivity index (χ0v) is 8.16. The fourth-order valence-corrected chi connectivity index (χ4v) is 1.23. The minimum Gasteiger partial charge on any atom is -0.396 e. The van der Waals surface area contributed by atoms with Crippen molar-refractivity contribution in [3.8, 4) is 12.3 Å². The Labute approximate surface area is 85.0 Å². The summed E-state index contributed by atoms with van der Waals surface area (Å²) >= 11 is 0. The molecule has 2 N–H and O–H groups in total. The van der Waals surface area contributed by atoms with Gasteiger partial charge in [0.1, 0.15) is 0 Å². The van der Waals surface area contributed by atoms with Gasteiger partial charge in [-0.15, -0.1) is 6.42 Å². The summed E-state index contributed by atoms with van der Waals surface area (Å²) in [7, 11) is 0. The molecule has 0 amide bonds. The first-order valence-electron chi connectivity index (χ1n) is 4.69. The van der Waals surface area contributed by atoms with Crippen LogP contribution < -0.4 is 5.32 Å². The molecule has 0 unspecified atom stereocenters. The van der Waals surface area contributed by atoms with Crippen LogP contribution in [0.2, 0.25) is 0 Å². The average molecular weight is 189 g/mol. The van der Waals surface area contributed by atoms with Gasteiger partial charge < -0.3 is 10.4 Å². The van der Waals surface area contributed by atoms with Crippen LogP contribution in [0.5, 0.6) is 0 Å². The standard InChI is InChI=1S/C12H15NO/c1-2-8-13-10-12-5-3-11(4-6-12)7-9-14/h1,3-6,13-14H,7-10H2. The van der Waals surface area contributed by atoms with Crippen LogP contribution >= 0.6 is 0 Å². The number of hydrogen-bond acceptors (Lipinski definition) is 2. The molecule has 14 heavy (non-hydrogen) atoms. The highest BCUT2D eigenvalue weighted by Crippen LogP contribution is 2.04. The number of aliphatic hydroxyl groups excluding tert-OH is 1. The van der Waals surface area contributed by atoms with E-state index in [-0.39, 0.29) is 6.61 Å². The van der Waals surface area contributed by atoms with Gasteiger partial charge in [-0.25, -0.2) is 0 Å². The summed E-state index contributed by atoms with van der Waals surface area (Å²) < 4.78 is 0. The van der Waals surface area contributed by atoms with E-state index >= 15 is 0 Å². The Morgan fingerprint density at radius 3 is 2.43 bits per heavy atom. The van der Waals surface area contributed by atoms with Gasteiger partial charge in [-0.05, 0) is 17.5 Å². The summed E-state index contributed by atoms with van der Waals surface area (Å²) in [5.74, 6) is 2.53. The van der Waals surface area contributed by atoms with Crippen LogP contribution in [-0.2, 0) is 13.0 Å². The molecule has 0 aliphatic rings. The second kappa shape index (κ2) is 6.20. The quantitative estimate of drug-likeness (QED) is 0.534. The summed E-state index contributed by atoms with van der Waals surface area (Å²) in [6.45, 7) is 1.59. The molecule has 1 aromatic carbocycles. The molecule has 0 aromatic heterocycles. The number of hydrogen-bond donors (Lipinski definition) is 2. The van der Waals surface area contributed by atoms with Gasteiger partial charge in [0, 0.05) is 13.2 Å². The van der Waals surface area contributed by atoms with Crippen molar-refractivity contribution < 1.29 is 5.11 Å². The summed E-state index contributed by atoms with van der Waals surface area (Å²) in [6, 6.07) is 8.16. The number of benzene rings is 1. The van der Waals surface area contributed by atoms with Crippen molar-refractivity contribution >= 4 is 0 Å². The van der Waals surface area contributed by atoms with Crippen LogP contribution in [0, 0.1) is 12.3 Å². The van der Waals surface area contributed by atoms with Crippen molar-refractivity contribution in [1.29, 1.82) is 0 Å². The van der Waals surface area contributed by atoms with E-state index in [2.05, 4.69) is 23.4 Å². The number of terminal acetylenes is 1. The van der Waals surface area contributed by atoms with Crippen LogP contribution in [0.1, 0.15) is 11.1 Å². The van der Waals surface area contributed by atoms with Gasteiger partial charge in [-0.3, -0.25) is 0 Å². The molecule has 1 aromatic rings. The van der Waals surface area contributed by atoms with Gasteiger partial charge in [0.15, 0.2) is 0 Å². The van der Waals surface area contributed by atoms with Crippen LogP contribution in [0.15, 0.2) is 24.3 Å². The Hall–Kier alpha value is -1.30. The molecule has 0 spiro atoms. The molecule has 0 bridgehead atoms. The number of rotatable bonds is 5. The Kier molecular flexibility index (Phi) is 4.77. The molecule has 1 rings (SSSR count). The average Bonchev–Trinajstić information content (AvgIpc) is 2.21. The second-order valence-corrected chi connectivity index (χ2v) is 3.10. The molecule has 0 aliphatic carbocycles. The van der Waals surface area contributed by atoms with Gasteiger partial charge in [-0.2, -0.15) is 0 Å². The van der Waals surface area contributed by atoms with E-state index in [1.54, 1.807) is 0 Å². The maximum atomic E-state index is 8.73. The predicted molar refractivity (Wildman–Crippen MR) is 57.8 cm³/mol. The van der Waals surface area contributed by atoms with Gasteiger partial charge >= 0.3 is 0 Å². The second-order valence-electron chi connectivity index (χ2n) is 3.10. The molecule has 0 fully saturated rings. The Balaban J connectivity index is 2.43. The van der Waals surface area contributed by atoms with E-state index in [0.29, 0.717) is 6.54 Å². The van der Waals surface area contributed by atoms with Gasteiger partial charge in [0.05, 0.1) is 6.54 Å². The monoisotopic (exact) mass is 189 g/mol. The zero-order valence-electron chi connectivity index (χ0n) is 8.16. The minimum absolute atomic E-state index is 0.203. The van der Waals surface area contributed by atoms with E-state index in [1.807, 2.05) is 12.1 Å². The zero-order chi connectivity index (χ0) is 10.2. The largest absolute Gasteiger partial charge is 0.396 e. The van der Waals surface area contributed by atoms with Crippen molar-refractivity contribution in [3.63, 3.8) is 0 Å². The van der Waals surface area contributed by atoms with Crippen molar-refractivity contribution in [2.75, 3.05) is 13.2 Å². The highest BCUT2D eigenvalue weighted by Gasteiger charge is 1.93. The normalized spacial score (nSPS) is 9.71. The SMILES string of the molecule is C#CCNCc1ccc(CCO)cc1. The number of nitrogens with one attached hydrogen (secondary N) is 1.